The molecule has 23 heavy (non-hydrogen) atoms. The summed E-state index contributed by atoms with van der Waals surface area (Å²) in [5.74, 6) is -1.18. The summed E-state index contributed by atoms with van der Waals surface area (Å²) >= 11 is 0. The number of aliphatic hydroxyl groups excluding tert-OH is 1. The van der Waals surface area contributed by atoms with Gasteiger partial charge in [-0.15, -0.1) is 0 Å². The highest BCUT2D eigenvalue weighted by Crippen LogP contribution is 2.51. The maximum absolute atomic E-state index is 13.7. The largest absolute Gasteiger partial charge is 0.396 e. The van der Waals surface area contributed by atoms with Crippen molar-refractivity contribution in [2.24, 2.45) is 5.41 Å². The summed E-state index contributed by atoms with van der Waals surface area (Å²) in [5.41, 5.74) is 0.204. The molecule has 0 unspecified atom stereocenters. The molecule has 2 saturated heterocycles. The van der Waals surface area contributed by atoms with Crippen molar-refractivity contribution in [3.05, 3.63) is 35.4 Å². The third-order valence-electron chi connectivity index (χ3n) is 5.78. The first-order valence-electron chi connectivity index (χ1n) is 8.36. The van der Waals surface area contributed by atoms with E-state index in [4.69, 9.17) is 0 Å². The zero-order valence-electron chi connectivity index (χ0n) is 13.4. The molecular weight excluding hydrogens is 300 g/mol. The smallest absolute Gasteiger partial charge is 0.223 e. The van der Waals surface area contributed by atoms with Gasteiger partial charge in [0, 0.05) is 30.0 Å². The number of benzene rings is 1. The average molecular weight is 323 g/mol. The molecule has 2 bridgehead atoms. The van der Waals surface area contributed by atoms with E-state index in [1.54, 1.807) is 0 Å². The number of rotatable bonds is 5. The minimum atomic E-state index is -0.606. The van der Waals surface area contributed by atoms with Crippen LogP contribution in [0.25, 0.3) is 0 Å². The standard InChI is InChI=1S/C18H23F2NO2/c1-2-18(11-22)10-14-6-7-16(18)21(14)17(23)8-4-12-3-5-13(19)9-15(12)20/h3,5,9,14,16,22H,2,4,6-8,10-11H2,1H3/t14-,16+,18-/m0/s1. The molecule has 2 fully saturated rings. The molecule has 3 atom stereocenters. The molecule has 2 aliphatic rings. The highest BCUT2D eigenvalue weighted by Gasteiger charge is 2.55. The lowest BCUT2D eigenvalue weighted by Gasteiger charge is -2.34. The van der Waals surface area contributed by atoms with Crippen molar-refractivity contribution in [3.8, 4) is 0 Å². The number of aliphatic hydroxyl groups is 1. The van der Waals surface area contributed by atoms with Gasteiger partial charge in [-0.25, -0.2) is 8.78 Å². The second-order valence-electron chi connectivity index (χ2n) is 6.86. The number of carbonyl (C=O) groups excluding carboxylic acids is 1. The Labute approximate surface area is 135 Å². The van der Waals surface area contributed by atoms with Crippen LogP contribution in [0.1, 0.15) is 44.6 Å². The highest BCUT2D eigenvalue weighted by atomic mass is 19.1. The van der Waals surface area contributed by atoms with Gasteiger partial charge in [0.15, 0.2) is 0 Å². The van der Waals surface area contributed by atoms with Crippen LogP contribution in [-0.4, -0.2) is 34.6 Å². The lowest BCUT2D eigenvalue weighted by molar-refractivity contribution is -0.133. The Balaban J connectivity index is 1.67. The molecular formula is C18H23F2NO2. The second kappa shape index (κ2) is 6.19. The molecule has 126 valence electrons. The van der Waals surface area contributed by atoms with E-state index >= 15 is 0 Å². The fourth-order valence-corrected chi connectivity index (χ4v) is 4.42. The van der Waals surface area contributed by atoms with Gasteiger partial charge in [-0.3, -0.25) is 4.79 Å². The molecule has 2 aliphatic heterocycles. The van der Waals surface area contributed by atoms with Gasteiger partial charge in [-0.1, -0.05) is 13.0 Å². The summed E-state index contributed by atoms with van der Waals surface area (Å²) in [6.07, 6.45) is 4.15. The molecule has 3 rings (SSSR count). The fourth-order valence-electron chi connectivity index (χ4n) is 4.42. The van der Waals surface area contributed by atoms with Gasteiger partial charge in [0.1, 0.15) is 11.6 Å². The SMILES string of the molecule is CC[C@@]1(CO)C[C@@H]2CC[C@H]1N2C(=O)CCc1ccc(F)cc1F. The first-order valence-corrected chi connectivity index (χ1v) is 8.36. The lowest BCUT2D eigenvalue weighted by atomic mass is 9.72. The molecule has 1 amide bonds. The van der Waals surface area contributed by atoms with Crippen LogP contribution < -0.4 is 0 Å². The van der Waals surface area contributed by atoms with Crippen LogP contribution in [0.15, 0.2) is 18.2 Å². The van der Waals surface area contributed by atoms with E-state index < -0.39 is 11.6 Å². The van der Waals surface area contributed by atoms with Crippen LogP contribution in [0.2, 0.25) is 0 Å². The van der Waals surface area contributed by atoms with E-state index in [-0.39, 0.29) is 42.9 Å². The normalized spacial score (nSPS) is 29.3. The minimum Gasteiger partial charge on any atom is -0.396 e. The molecule has 5 heteroatoms. The van der Waals surface area contributed by atoms with E-state index in [1.807, 2.05) is 4.90 Å². The summed E-state index contributed by atoms with van der Waals surface area (Å²) in [7, 11) is 0. The van der Waals surface area contributed by atoms with Gasteiger partial charge in [0.05, 0.1) is 6.61 Å². The number of halogens is 2. The minimum absolute atomic E-state index is 0.0185. The van der Waals surface area contributed by atoms with Crippen LogP contribution in [0, 0.1) is 17.0 Å². The maximum atomic E-state index is 13.7. The molecule has 2 heterocycles. The third-order valence-corrected chi connectivity index (χ3v) is 5.78. The van der Waals surface area contributed by atoms with E-state index in [2.05, 4.69) is 6.92 Å². The molecule has 1 aromatic rings. The van der Waals surface area contributed by atoms with Crippen LogP contribution in [0.5, 0.6) is 0 Å². The Morgan fingerprint density at radius 2 is 2.17 bits per heavy atom. The summed E-state index contributed by atoms with van der Waals surface area (Å²) in [4.78, 5) is 14.6. The van der Waals surface area contributed by atoms with Crippen molar-refractivity contribution in [2.75, 3.05) is 6.61 Å². The fraction of sp³-hybridized carbons (Fsp3) is 0.611. The van der Waals surface area contributed by atoms with E-state index in [1.165, 1.54) is 12.1 Å². The predicted octanol–water partition coefficient (Wildman–Crippen LogP) is 3.05. The maximum Gasteiger partial charge on any atom is 0.223 e. The van der Waals surface area contributed by atoms with Gasteiger partial charge < -0.3 is 10.0 Å². The van der Waals surface area contributed by atoms with Crippen LogP contribution in [0.3, 0.4) is 0 Å². The topological polar surface area (TPSA) is 40.5 Å². The molecule has 1 aromatic carbocycles. The summed E-state index contributed by atoms with van der Waals surface area (Å²) in [6.45, 7) is 2.18. The third kappa shape index (κ3) is 2.75. The zero-order valence-corrected chi connectivity index (χ0v) is 13.4. The Kier molecular flexibility index (Phi) is 4.41. The number of amides is 1. The van der Waals surface area contributed by atoms with Crippen molar-refractivity contribution >= 4 is 5.91 Å². The molecule has 1 N–H and O–H groups in total. The van der Waals surface area contributed by atoms with Gasteiger partial charge >= 0.3 is 0 Å². The van der Waals surface area contributed by atoms with E-state index in [0.29, 0.717) is 5.56 Å². The Morgan fingerprint density at radius 1 is 1.39 bits per heavy atom. The number of nitrogens with zero attached hydrogens (tertiary/aromatic N) is 1. The predicted molar refractivity (Wildman–Crippen MR) is 82.8 cm³/mol. The number of hydrogen-bond donors (Lipinski definition) is 1. The number of carbonyl (C=O) groups is 1. The second-order valence-corrected chi connectivity index (χ2v) is 6.86. The summed E-state index contributed by atoms with van der Waals surface area (Å²) < 4.78 is 26.6. The summed E-state index contributed by atoms with van der Waals surface area (Å²) in [6, 6.07) is 3.79. The Hall–Kier alpha value is -1.49. The van der Waals surface area contributed by atoms with Gasteiger partial charge in [0.25, 0.3) is 0 Å². The highest BCUT2D eigenvalue weighted by molar-refractivity contribution is 5.78. The molecule has 0 aromatic heterocycles. The van der Waals surface area contributed by atoms with E-state index in [0.717, 1.165) is 31.7 Å². The van der Waals surface area contributed by atoms with Crippen molar-refractivity contribution < 1.29 is 18.7 Å². The molecule has 0 spiro atoms. The molecule has 0 aliphatic carbocycles. The van der Waals surface area contributed by atoms with Crippen molar-refractivity contribution in [2.45, 2.75) is 57.5 Å². The number of hydrogen-bond acceptors (Lipinski definition) is 2. The lowest BCUT2D eigenvalue weighted by Crippen LogP contribution is -2.42. The molecule has 3 nitrogen and oxygen atoms in total. The Bertz CT molecular complexity index is 601. The Morgan fingerprint density at radius 3 is 2.78 bits per heavy atom. The number of aryl methyl sites for hydroxylation is 1. The van der Waals surface area contributed by atoms with Crippen molar-refractivity contribution in [1.29, 1.82) is 0 Å². The van der Waals surface area contributed by atoms with Crippen LogP contribution in [0.4, 0.5) is 8.78 Å². The van der Waals surface area contributed by atoms with Gasteiger partial charge in [-0.05, 0) is 43.7 Å². The monoisotopic (exact) mass is 323 g/mol. The quantitative estimate of drug-likeness (QED) is 0.905. The van der Waals surface area contributed by atoms with Gasteiger partial charge in [-0.2, -0.15) is 0 Å². The van der Waals surface area contributed by atoms with Crippen molar-refractivity contribution in [3.63, 3.8) is 0 Å². The van der Waals surface area contributed by atoms with Crippen molar-refractivity contribution in [1.82, 2.24) is 4.90 Å². The first kappa shape index (κ1) is 16.4. The first-order chi connectivity index (χ1) is 11.0. The van der Waals surface area contributed by atoms with Gasteiger partial charge in [0.2, 0.25) is 5.91 Å². The number of fused-ring (bicyclic) bond motifs is 2. The summed E-state index contributed by atoms with van der Waals surface area (Å²) in [5, 5.41) is 9.79. The van der Waals surface area contributed by atoms with E-state index in [9.17, 15) is 18.7 Å². The average Bonchev–Trinajstić information content (AvgIpc) is 3.09. The van der Waals surface area contributed by atoms with Crippen LogP contribution >= 0.6 is 0 Å². The molecule has 0 saturated carbocycles. The van der Waals surface area contributed by atoms with Crippen LogP contribution in [-0.2, 0) is 11.2 Å². The zero-order chi connectivity index (χ0) is 16.6. The molecule has 0 radical (unpaired) electrons.